The van der Waals surface area contributed by atoms with Gasteiger partial charge in [-0.1, -0.05) is 5.16 Å². The van der Waals surface area contributed by atoms with E-state index in [1.165, 1.54) is 11.1 Å². The van der Waals surface area contributed by atoms with Gasteiger partial charge in [0.05, 0.1) is 5.69 Å². The first-order valence-corrected chi connectivity index (χ1v) is 7.21. The fraction of sp³-hybridized carbons (Fsp3) is 0.250. The second kappa shape index (κ2) is 4.62. The van der Waals surface area contributed by atoms with Gasteiger partial charge in [0.2, 0.25) is 5.88 Å². The van der Waals surface area contributed by atoms with Gasteiger partial charge in [0.15, 0.2) is 0 Å². The topological polar surface area (TPSA) is 63.3 Å². The maximum absolute atomic E-state index is 12.4. The summed E-state index contributed by atoms with van der Waals surface area (Å²) < 4.78 is 7.14. The molecule has 0 saturated carbocycles. The maximum atomic E-state index is 12.4. The molecule has 1 aliphatic heterocycles. The molecule has 3 heterocycles. The minimum absolute atomic E-state index is 0.190. The monoisotopic (exact) mass is 296 g/mol. The number of hydrogen-bond acceptors (Lipinski definition) is 3. The first-order valence-electron chi connectivity index (χ1n) is 7.21. The molecule has 2 aromatic heterocycles. The lowest BCUT2D eigenvalue weighted by molar-refractivity contribution is 0.256. The van der Waals surface area contributed by atoms with E-state index in [0.29, 0.717) is 12.4 Å². The van der Waals surface area contributed by atoms with Crippen molar-refractivity contribution >= 4 is 28.5 Å². The zero-order chi connectivity index (χ0) is 15.3. The lowest BCUT2D eigenvalue weighted by Gasteiger charge is -2.17. The molecule has 0 radical (unpaired) electrons. The number of benzene rings is 1. The molecule has 112 valence electrons. The maximum Gasteiger partial charge on any atom is 0.328 e. The molecular weight excluding hydrogens is 280 g/mol. The number of nitrogens with one attached hydrogen (secondary N) is 1. The lowest BCUT2D eigenvalue weighted by atomic mass is 10.1. The summed E-state index contributed by atoms with van der Waals surface area (Å²) in [4.78, 5) is 14.2. The summed E-state index contributed by atoms with van der Waals surface area (Å²) in [6.07, 6.45) is 2.89. The zero-order valence-electron chi connectivity index (χ0n) is 12.5. The number of hydrogen-bond donors (Lipinski definition) is 1. The van der Waals surface area contributed by atoms with E-state index in [9.17, 15) is 4.79 Å². The van der Waals surface area contributed by atoms with Gasteiger partial charge in [0.25, 0.3) is 0 Å². The van der Waals surface area contributed by atoms with Crippen molar-refractivity contribution in [2.75, 3.05) is 16.8 Å². The van der Waals surface area contributed by atoms with Gasteiger partial charge in [-0.05, 0) is 37.1 Å². The van der Waals surface area contributed by atoms with Crippen molar-refractivity contribution in [3.05, 3.63) is 41.7 Å². The molecule has 2 amide bonds. The van der Waals surface area contributed by atoms with Crippen LogP contribution in [0.5, 0.6) is 0 Å². The van der Waals surface area contributed by atoms with Crippen LogP contribution in [0.3, 0.4) is 0 Å². The van der Waals surface area contributed by atoms with Crippen LogP contribution in [0.2, 0.25) is 0 Å². The lowest BCUT2D eigenvalue weighted by Crippen LogP contribution is -2.33. The molecular formula is C16H16N4O2. The van der Waals surface area contributed by atoms with Gasteiger partial charge in [-0.15, -0.1) is 0 Å². The third-order valence-corrected chi connectivity index (χ3v) is 4.08. The second-order valence-corrected chi connectivity index (χ2v) is 5.63. The Morgan fingerprint density at radius 1 is 1.36 bits per heavy atom. The quantitative estimate of drug-likeness (QED) is 0.750. The Morgan fingerprint density at radius 3 is 3.00 bits per heavy atom. The molecule has 0 aliphatic carbocycles. The largest absolute Gasteiger partial charge is 0.351 e. The van der Waals surface area contributed by atoms with Gasteiger partial charge in [0, 0.05) is 42.4 Å². The summed E-state index contributed by atoms with van der Waals surface area (Å²) in [7, 11) is 2.03. The molecule has 0 spiro atoms. The van der Waals surface area contributed by atoms with E-state index in [4.69, 9.17) is 4.52 Å². The van der Waals surface area contributed by atoms with Crippen LogP contribution in [0.15, 0.2) is 35.0 Å². The SMILES string of the molecule is Cc1cc(NC(=O)N2CCc3cc4c(ccn4C)cc32)on1. The molecule has 4 rings (SSSR count). The highest BCUT2D eigenvalue weighted by Gasteiger charge is 2.26. The van der Waals surface area contributed by atoms with Crippen molar-refractivity contribution in [3.63, 3.8) is 0 Å². The van der Waals surface area contributed by atoms with Crippen LogP contribution in [0.1, 0.15) is 11.3 Å². The summed E-state index contributed by atoms with van der Waals surface area (Å²) in [5.74, 6) is 0.372. The molecule has 0 unspecified atom stereocenters. The Hall–Kier alpha value is -2.76. The highest BCUT2D eigenvalue weighted by atomic mass is 16.5. The van der Waals surface area contributed by atoms with Crippen molar-refractivity contribution in [1.82, 2.24) is 9.72 Å². The fourth-order valence-electron chi connectivity index (χ4n) is 2.96. The van der Waals surface area contributed by atoms with Crippen LogP contribution >= 0.6 is 0 Å². The highest BCUT2D eigenvalue weighted by Crippen LogP contribution is 2.33. The van der Waals surface area contributed by atoms with Crippen molar-refractivity contribution < 1.29 is 9.32 Å². The van der Waals surface area contributed by atoms with E-state index in [2.05, 4.69) is 33.2 Å². The van der Waals surface area contributed by atoms with Crippen molar-refractivity contribution in [3.8, 4) is 0 Å². The number of urea groups is 1. The average molecular weight is 296 g/mol. The van der Waals surface area contributed by atoms with Gasteiger partial charge in [-0.3, -0.25) is 10.2 Å². The molecule has 1 aliphatic rings. The van der Waals surface area contributed by atoms with Crippen LogP contribution in [0.4, 0.5) is 16.4 Å². The number of aromatic nitrogens is 2. The summed E-state index contributed by atoms with van der Waals surface area (Å²) in [6.45, 7) is 2.49. The molecule has 0 saturated heterocycles. The van der Waals surface area contributed by atoms with Gasteiger partial charge < -0.3 is 9.09 Å². The van der Waals surface area contributed by atoms with Gasteiger partial charge in [-0.2, -0.15) is 0 Å². The van der Waals surface area contributed by atoms with E-state index < -0.39 is 0 Å². The van der Waals surface area contributed by atoms with Gasteiger partial charge in [0.1, 0.15) is 0 Å². The number of carbonyl (C=O) groups excluding carboxylic acids is 1. The summed E-state index contributed by atoms with van der Waals surface area (Å²) in [5, 5.41) is 7.66. The molecule has 6 heteroatoms. The summed E-state index contributed by atoms with van der Waals surface area (Å²) >= 11 is 0. The van der Waals surface area contributed by atoms with Crippen LogP contribution in [0, 0.1) is 6.92 Å². The number of rotatable bonds is 1. The van der Waals surface area contributed by atoms with Crippen LogP contribution in [0.25, 0.3) is 10.9 Å². The van der Waals surface area contributed by atoms with Crippen molar-refractivity contribution in [2.24, 2.45) is 7.05 Å². The molecule has 1 N–H and O–H groups in total. The first kappa shape index (κ1) is 12.9. The number of carbonyl (C=O) groups is 1. The van der Waals surface area contributed by atoms with Crippen molar-refractivity contribution in [2.45, 2.75) is 13.3 Å². The molecule has 0 fully saturated rings. The van der Waals surface area contributed by atoms with Crippen LogP contribution in [-0.2, 0) is 13.5 Å². The van der Waals surface area contributed by atoms with E-state index in [0.717, 1.165) is 23.2 Å². The van der Waals surface area contributed by atoms with Crippen molar-refractivity contribution in [1.29, 1.82) is 0 Å². The molecule has 22 heavy (non-hydrogen) atoms. The Bertz CT molecular complexity index is 878. The van der Waals surface area contributed by atoms with E-state index in [1.54, 1.807) is 11.0 Å². The molecule has 0 bridgehead atoms. The van der Waals surface area contributed by atoms with E-state index >= 15 is 0 Å². The summed E-state index contributed by atoms with van der Waals surface area (Å²) in [5.41, 5.74) is 4.08. The molecule has 0 atom stereocenters. The third-order valence-electron chi connectivity index (χ3n) is 4.08. The Balaban J connectivity index is 1.66. The van der Waals surface area contributed by atoms with Gasteiger partial charge >= 0.3 is 6.03 Å². The molecule has 1 aromatic carbocycles. The smallest absolute Gasteiger partial charge is 0.328 e. The minimum atomic E-state index is -0.190. The Labute approximate surface area is 127 Å². The first-order chi connectivity index (χ1) is 10.6. The average Bonchev–Trinajstić information content (AvgIpc) is 3.17. The number of amides is 2. The number of nitrogens with zero attached hydrogens (tertiary/aromatic N) is 3. The molecule has 3 aromatic rings. The zero-order valence-corrected chi connectivity index (χ0v) is 12.5. The number of anilines is 2. The summed E-state index contributed by atoms with van der Waals surface area (Å²) in [6, 6.07) is 7.81. The predicted molar refractivity (Wildman–Crippen MR) is 84.2 cm³/mol. The molecule has 6 nitrogen and oxygen atoms in total. The second-order valence-electron chi connectivity index (χ2n) is 5.63. The highest BCUT2D eigenvalue weighted by molar-refractivity contribution is 6.04. The Morgan fingerprint density at radius 2 is 2.23 bits per heavy atom. The minimum Gasteiger partial charge on any atom is -0.351 e. The predicted octanol–water partition coefficient (Wildman–Crippen LogP) is 3.07. The van der Waals surface area contributed by atoms with Gasteiger partial charge in [-0.25, -0.2) is 4.79 Å². The Kier molecular flexibility index (Phi) is 2.72. The standard InChI is InChI=1S/C16H16N4O2/c1-10-7-15(22-18-10)17-16(21)20-6-4-12-8-13-11(9-14(12)20)3-5-19(13)2/h3,5,7-9H,4,6H2,1-2H3,(H,17,21). The number of fused-ring (bicyclic) bond motifs is 2. The van der Waals surface area contributed by atoms with E-state index in [1.807, 2.05) is 20.2 Å². The third kappa shape index (κ3) is 1.95. The normalized spacial score (nSPS) is 13.6. The van der Waals surface area contributed by atoms with E-state index in [-0.39, 0.29) is 6.03 Å². The van der Waals surface area contributed by atoms with Crippen LogP contribution in [-0.4, -0.2) is 22.3 Å². The van der Waals surface area contributed by atoms with Crippen LogP contribution < -0.4 is 10.2 Å². The number of aryl methyl sites for hydroxylation is 2. The fourth-order valence-corrected chi connectivity index (χ4v) is 2.96.